The van der Waals surface area contributed by atoms with Gasteiger partial charge in [-0.15, -0.1) is 0 Å². The molecule has 2 aliphatic rings. The minimum absolute atomic E-state index is 0.0276. The number of piperidine rings is 1. The second-order valence-electron chi connectivity index (χ2n) is 5.95. The first kappa shape index (κ1) is 13.8. The molecule has 0 radical (unpaired) electrons. The first-order valence-corrected chi connectivity index (χ1v) is 7.31. The van der Waals surface area contributed by atoms with Gasteiger partial charge in [-0.05, 0) is 33.2 Å². The summed E-state index contributed by atoms with van der Waals surface area (Å²) in [5.41, 5.74) is 0. The van der Waals surface area contributed by atoms with E-state index in [1.165, 1.54) is 32.4 Å². The fraction of sp³-hybridized carbons (Fsp3) is 0.929. The van der Waals surface area contributed by atoms with Crippen LogP contribution in [0.15, 0.2) is 0 Å². The zero-order valence-corrected chi connectivity index (χ0v) is 11.7. The molecule has 0 saturated carbocycles. The molecule has 0 aliphatic carbocycles. The van der Waals surface area contributed by atoms with Crippen LogP contribution >= 0.6 is 0 Å². The number of nitrogens with zero attached hydrogens (tertiary/aromatic N) is 3. The molecule has 0 aromatic heterocycles. The monoisotopic (exact) mass is 250 g/mol. The van der Waals surface area contributed by atoms with Crippen molar-refractivity contribution in [3.63, 3.8) is 0 Å². The second-order valence-corrected chi connectivity index (χ2v) is 5.95. The number of nitriles is 1. The van der Waals surface area contributed by atoms with E-state index in [-0.39, 0.29) is 6.04 Å². The van der Waals surface area contributed by atoms with Gasteiger partial charge in [0, 0.05) is 38.3 Å². The molecule has 4 nitrogen and oxygen atoms in total. The normalized spacial score (nSPS) is 27.8. The van der Waals surface area contributed by atoms with E-state index in [9.17, 15) is 5.26 Å². The van der Waals surface area contributed by atoms with E-state index < -0.39 is 0 Å². The Kier molecular flexibility index (Phi) is 4.99. The summed E-state index contributed by atoms with van der Waals surface area (Å²) in [4.78, 5) is 5.10. The predicted molar refractivity (Wildman–Crippen MR) is 73.3 cm³/mol. The molecule has 18 heavy (non-hydrogen) atoms. The Hall–Kier alpha value is -0.630. The van der Waals surface area contributed by atoms with Gasteiger partial charge in [-0.3, -0.25) is 15.1 Å². The first-order chi connectivity index (χ1) is 8.69. The molecular formula is C14H26N4. The summed E-state index contributed by atoms with van der Waals surface area (Å²) >= 11 is 0. The van der Waals surface area contributed by atoms with Crippen LogP contribution < -0.4 is 5.32 Å². The lowest BCUT2D eigenvalue weighted by Crippen LogP contribution is -2.57. The maximum atomic E-state index is 9.19. The topological polar surface area (TPSA) is 42.3 Å². The molecule has 2 unspecified atom stereocenters. The highest BCUT2D eigenvalue weighted by Crippen LogP contribution is 2.20. The molecule has 102 valence electrons. The summed E-state index contributed by atoms with van der Waals surface area (Å²) in [6.07, 6.45) is 4.08. The van der Waals surface area contributed by atoms with Gasteiger partial charge in [0.05, 0.1) is 6.07 Å². The number of hydrogen-bond acceptors (Lipinski definition) is 4. The molecule has 1 N–H and O–H groups in total. The van der Waals surface area contributed by atoms with E-state index in [1.807, 2.05) is 0 Å². The highest BCUT2D eigenvalue weighted by atomic mass is 15.3. The third-order valence-corrected chi connectivity index (χ3v) is 4.05. The second kappa shape index (κ2) is 6.51. The van der Waals surface area contributed by atoms with Crippen LogP contribution in [-0.4, -0.2) is 60.6 Å². The van der Waals surface area contributed by atoms with Gasteiger partial charge < -0.3 is 0 Å². The fourth-order valence-corrected chi connectivity index (χ4v) is 3.18. The van der Waals surface area contributed by atoms with Gasteiger partial charge in [0.15, 0.2) is 0 Å². The molecule has 2 saturated heterocycles. The van der Waals surface area contributed by atoms with Crippen molar-refractivity contribution in [2.45, 2.75) is 51.2 Å². The van der Waals surface area contributed by atoms with E-state index in [0.717, 1.165) is 25.7 Å². The number of fused-ring (bicyclic) bond motifs is 1. The Morgan fingerprint density at radius 2 is 2.11 bits per heavy atom. The Labute approximate surface area is 111 Å². The molecular weight excluding hydrogens is 224 g/mol. The average Bonchev–Trinajstić information content (AvgIpc) is 2.37. The van der Waals surface area contributed by atoms with E-state index >= 15 is 0 Å². The van der Waals surface area contributed by atoms with Gasteiger partial charge in [0.1, 0.15) is 6.04 Å². The fourth-order valence-electron chi connectivity index (χ4n) is 3.18. The number of hydrogen-bond donors (Lipinski definition) is 1. The lowest BCUT2D eigenvalue weighted by molar-refractivity contribution is 0.0470. The van der Waals surface area contributed by atoms with Crippen LogP contribution in [0, 0.1) is 11.3 Å². The minimum atomic E-state index is -0.0276. The SMILES string of the molecule is CC(C)NC(C#N)CN1CCN2CCCCC2C1. The zero-order chi connectivity index (χ0) is 13.0. The molecule has 2 rings (SSSR count). The Bertz CT molecular complexity index is 297. The van der Waals surface area contributed by atoms with Gasteiger partial charge >= 0.3 is 0 Å². The van der Waals surface area contributed by atoms with Crippen LogP contribution in [0.25, 0.3) is 0 Å². The molecule has 0 aromatic carbocycles. The molecule has 2 heterocycles. The third kappa shape index (κ3) is 3.68. The maximum Gasteiger partial charge on any atom is 0.108 e. The molecule has 2 fully saturated rings. The van der Waals surface area contributed by atoms with Gasteiger partial charge in [-0.25, -0.2) is 0 Å². The Morgan fingerprint density at radius 3 is 2.83 bits per heavy atom. The molecule has 0 bridgehead atoms. The van der Waals surface area contributed by atoms with Crippen molar-refractivity contribution in [1.82, 2.24) is 15.1 Å². The van der Waals surface area contributed by atoms with E-state index in [4.69, 9.17) is 0 Å². The minimum Gasteiger partial charge on any atom is -0.299 e. The van der Waals surface area contributed by atoms with Crippen molar-refractivity contribution in [3.8, 4) is 6.07 Å². The standard InChI is InChI=1S/C14H26N4/c1-12(2)16-13(9-15)10-17-7-8-18-6-4-3-5-14(18)11-17/h12-14,16H,3-8,10-11H2,1-2H3. The average molecular weight is 250 g/mol. The van der Waals surface area contributed by atoms with Crippen molar-refractivity contribution < 1.29 is 0 Å². The van der Waals surface area contributed by atoms with Crippen LogP contribution in [0.1, 0.15) is 33.1 Å². The molecule has 4 heteroatoms. The summed E-state index contributed by atoms with van der Waals surface area (Å²) < 4.78 is 0. The highest BCUT2D eigenvalue weighted by Gasteiger charge is 2.29. The van der Waals surface area contributed by atoms with Gasteiger partial charge in [-0.1, -0.05) is 6.42 Å². The molecule has 2 atom stereocenters. The molecule has 0 aromatic rings. The molecule has 0 amide bonds. The highest BCUT2D eigenvalue weighted by molar-refractivity contribution is 4.95. The quantitative estimate of drug-likeness (QED) is 0.810. The lowest BCUT2D eigenvalue weighted by Gasteiger charge is -2.44. The van der Waals surface area contributed by atoms with Crippen LogP contribution in [0.5, 0.6) is 0 Å². The van der Waals surface area contributed by atoms with Crippen LogP contribution in [0.2, 0.25) is 0 Å². The smallest absolute Gasteiger partial charge is 0.108 e. The zero-order valence-electron chi connectivity index (χ0n) is 11.7. The van der Waals surface area contributed by atoms with E-state index in [0.29, 0.717) is 6.04 Å². The van der Waals surface area contributed by atoms with Crippen molar-refractivity contribution in [3.05, 3.63) is 0 Å². The van der Waals surface area contributed by atoms with Crippen molar-refractivity contribution in [2.75, 3.05) is 32.7 Å². The summed E-state index contributed by atoms with van der Waals surface area (Å²) in [5.74, 6) is 0. The third-order valence-electron chi connectivity index (χ3n) is 4.05. The van der Waals surface area contributed by atoms with E-state index in [2.05, 4.69) is 35.0 Å². The largest absolute Gasteiger partial charge is 0.299 e. The van der Waals surface area contributed by atoms with Gasteiger partial charge in [0.25, 0.3) is 0 Å². The summed E-state index contributed by atoms with van der Waals surface area (Å²) in [6, 6.07) is 3.48. The van der Waals surface area contributed by atoms with E-state index in [1.54, 1.807) is 0 Å². The van der Waals surface area contributed by atoms with Gasteiger partial charge in [-0.2, -0.15) is 5.26 Å². The Morgan fingerprint density at radius 1 is 1.28 bits per heavy atom. The van der Waals surface area contributed by atoms with Crippen molar-refractivity contribution in [2.24, 2.45) is 0 Å². The van der Waals surface area contributed by atoms with Crippen molar-refractivity contribution in [1.29, 1.82) is 5.26 Å². The maximum absolute atomic E-state index is 9.19. The van der Waals surface area contributed by atoms with Gasteiger partial charge in [0.2, 0.25) is 0 Å². The summed E-state index contributed by atoms with van der Waals surface area (Å²) in [7, 11) is 0. The summed E-state index contributed by atoms with van der Waals surface area (Å²) in [6.45, 7) is 9.81. The lowest BCUT2D eigenvalue weighted by atomic mass is 9.99. The molecule has 0 spiro atoms. The first-order valence-electron chi connectivity index (χ1n) is 7.31. The predicted octanol–water partition coefficient (Wildman–Crippen LogP) is 1.05. The van der Waals surface area contributed by atoms with Crippen LogP contribution in [0.3, 0.4) is 0 Å². The van der Waals surface area contributed by atoms with Crippen LogP contribution in [-0.2, 0) is 0 Å². The number of piperazine rings is 1. The number of nitrogens with one attached hydrogen (secondary N) is 1. The number of rotatable bonds is 4. The summed E-state index contributed by atoms with van der Waals surface area (Å²) in [5, 5.41) is 12.5. The molecule has 2 aliphatic heterocycles. The van der Waals surface area contributed by atoms with Crippen molar-refractivity contribution >= 4 is 0 Å². The Balaban J connectivity index is 1.81. The van der Waals surface area contributed by atoms with Crippen LogP contribution in [0.4, 0.5) is 0 Å².